The van der Waals surface area contributed by atoms with Gasteiger partial charge in [0.15, 0.2) is 0 Å². The summed E-state index contributed by atoms with van der Waals surface area (Å²) in [6.45, 7) is 13.1. The number of hydrogen-bond acceptors (Lipinski definition) is 9. The van der Waals surface area contributed by atoms with Crippen LogP contribution in [0.1, 0.15) is 144 Å². The van der Waals surface area contributed by atoms with Crippen molar-refractivity contribution >= 4 is 46.2 Å². The molecule has 0 rings (SSSR count). The second-order valence-electron chi connectivity index (χ2n) is 11.5. The second kappa shape index (κ2) is 89.5. The van der Waals surface area contributed by atoms with E-state index in [4.69, 9.17) is 64.4 Å². The summed E-state index contributed by atoms with van der Waals surface area (Å²) in [6.07, 6.45) is 13.0. The topological polar surface area (TPSA) is 293 Å². The van der Waals surface area contributed by atoms with E-state index in [1.165, 1.54) is 0 Å². The number of halogens is 3. The maximum Gasteiger partial charge on any atom is -0.0916 e. The number of rotatable bonds is 25. The van der Waals surface area contributed by atoms with Crippen molar-refractivity contribution in [1.29, 1.82) is 15.8 Å². The number of nitrogens with zero attached hydrogens (tertiary/aromatic N) is 3. The van der Waals surface area contributed by atoms with Gasteiger partial charge in [0.05, 0.1) is 49.9 Å². The van der Waals surface area contributed by atoms with Crippen LogP contribution in [0.3, 0.4) is 0 Å². The molecule has 15 nitrogen and oxygen atoms in total. The first-order valence-electron chi connectivity index (χ1n) is 19.9. The number of carbonyl (C=O) groups is 3. The Morgan fingerprint density at radius 1 is 0.467 bits per heavy atom. The molecule has 0 unspecified atom stereocenters. The molecule has 0 fully saturated rings. The smallest absolute Gasteiger partial charge is 0.0916 e. The van der Waals surface area contributed by atoms with Crippen LogP contribution in [0, 0.1) is 45.8 Å². The Hall–Kier alpha value is -0.425. The van der Waals surface area contributed by atoms with Crippen LogP contribution in [0.5, 0.6) is 0 Å². The minimum absolute atomic E-state index is 0.0575. The fourth-order valence-corrected chi connectivity index (χ4v) is 3.74. The molecule has 0 amide bonds. The summed E-state index contributed by atoms with van der Waals surface area (Å²) in [5, 5.41) is 24.8. The van der Waals surface area contributed by atoms with Gasteiger partial charge in [0.2, 0.25) is 0 Å². The Morgan fingerprint density at radius 3 is 0.917 bits per heavy atom. The quantitative estimate of drug-likeness (QED) is 0.0476. The molecule has 0 saturated heterocycles. The molecule has 21 heteroatoms. The Kier molecular flexibility index (Phi) is 119. The Morgan fingerprint density at radius 2 is 0.733 bits per heavy atom. The van der Waals surface area contributed by atoms with E-state index >= 15 is 0 Å². The van der Waals surface area contributed by atoms with Crippen molar-refractivity contribution in [1.82, 2.24) is 0 Å². The molecule has 0 aromatic rings. The fourth-order valence-electron chi connectivity index (χ4n) is 3.74. The summed E-state index contributed by atoms with van der Waals surface area (Å²) >= 11 is 4.83. The Bertz CT molecular complexity index is 859. The second-order valence-corrected chi connectivity index (χ2v) is 11.5. The summed E-state index contributed by atoms with van der Waals surface area (Å²) in [6, 6.07) is 6.04. The van der Waals surface area contributed by atoms with E-state index in [1.54, 1.807) is 56.3 Å². The van der Waals surface area contributed by atoms with Gasteiger partial charge in [-0.3, -0.25) is 14.4 Å². The number of hydrogen-bond donors (Lipinski definition) is 0. The first-order chi connectivity index (χ1) is 29.1. The maximum absolute atomic E-state index is 11.6. The van der Waals surface area contributed by atoms with Crippen LogP contribution < -0.4 is 0 Å². The van der Waals surface area contributed by atoms with Crippen LogP contribution in [0.25, 0.3) is 34.4 Å². The summed E-state index contributed by atoms with van der Waals surface area (Å²) in [4.78, 5) is 33.9. The van der Waals surface area contributed by atoms with Gasteiger partial charge in [-0.05, 0) is 51.4 Å². The molecule has 0 aromatic heterocycles. The molecule has 0 bridgehead atoms. The third-order valence-corrected chi connectivity index (χ3v) is 6.32. The summed E-state index contributed by atoms with van der Waals surface area (Å²) < 4.78 is 15.0. The van der Waals surface area contributed by atoms with E-state index in [1.807, 2.05) is 25.1 Å². The van der Waals surface area contributed by atoms with Gasteiger partial charge >= 0.3 is 102 Å². The molecule has 0 aromatic carbocycles. The number of carbonyl (C=O) groups excluding carboxylic acids is 3. The van der Waals surface area contributed by atoms with Gasteiger partial charge in [-0.2, -0.15) is 55.1 Å². The number of unbranched alkanes of at least 4 members (excludes halogenated alkanes) is 3. The third-order valence-electron chi connectivity index (χ3n) is 6.32. The van der Waals surface area contributed by atoms with Gasteiger partial charge in [-0.15, -0.1) is 0 Å². The average Bonchev–Trinajstić information content (AvgIpc) is 3.28. The van der Waals surface area contributed by atoms with Crippen LogP contribution in [-0.2, 0) is 84.9 Å². The predicted octanol–water partition coefficient (Wildman–Crippen LogP) is 13.5. The molecular weight excluding hydrogens is 1380 g/mol. The molecule has 0 atom stereocenters. The zero-order valence-electron chi connectivity index (χ0n) is 36.4. The van der Waals surface area contributed by atoms with Crippen LogP contribution in [-0.4, -0.2) is 77.0 Å². The van der Waals surface area contributed by atoms with E-state index in [0.29, 0.717) is 77.9 Å². The molecule has 369 valence electrons. The maximum atomic E-state index is 11.6. The van der Waals surface area contributed by atoms with Gasteiger partial charge in [0, 0.05) is 25.7 Å². The molecule has 0 aliphatic heterocycles. The fraction of sp³-hybridized carbons (Fsp3) is 0.846. The molecule has 0 heterocycles. The molecule has 0 spiro atoms. The summed E-state index contributed by atoms with van der Waals surface area (Å²) in [7, 11) is 13.8. The largest absolute Gasteiger partial charge is 0.679 e. The SMILES string of the molecule is CCCC(=O)OCCCC#N.CCCC(CCC)C(=O)OCCCC#N.CCCC(CCC)C(=O)OCCCC#N.[Cl][Pt].[Cl][Pt].[Cl][Pt].[NH-]CCC[NH-].[NH-]CC[NH-].[NH-]CC[NH-]. The zero-order chi connectivity index (χ0) is 48.5. The standard InChI is InChI=1S/2C12H21NO2.C8H13NO2.C3H8N2.2C2H6N2.3ClH.3Pt/c2*1-3-7-11(8-4-2)12(14)15-10-6-5-9-13;1-2-5-8(10)11-7-4-3-6-9;4-2-1-3-5;2*3-1-2-4;;;;;;/h2*11H,3-8,10H2,1-2H3;2-5,7H2,1H3;4-5H,1-3H2;2*3-4H,1-2H2;3*1H;;;/q;;;3*-2;;;;3*+1/p-3. The van der Waals surface area contributed by atoms with Crippen molar-refractivity contribution in [2.75, 3.05) is 59.1 Å². The average molecular weight is 1460 g/mol. The first kappa shape index (κ1) is 79.9. The van der Waals surface area contributed by atoms with E-state index in [-0.39, 0.29) is 55.9 Å². The van der Waals surface area contributed by atoms with Gasteiger partial charge in [0.25, 0.3) is 0 Å². The minimum Gasteiger partial charge on any atom is -0.679 e. The molecule has 0 radical (unpaired) electrons. The van der Waals surface area contributed by atoms with E-state index in [0.717, 1.165) is 64.2 Å². The van der Waals surface area contributed by atoms with Crippen LogP contribution in [0.2, 0.25) is 0 Å². The summed E-state index contributed by atoms with van der Waals surface area (Å²) in [5.74, 6) is -0.220. The van der Waals surface area contributed by atoms with Gasteiger partial charge < -0.3 is 48.6 Å². The normalized spacial score (nSPS) is 8.65. The van der Waals surface area contributed by atoms with Crippen LogP contribution in [0.4, 0.5) is 0 Å². The van der Waals surface area contributed by atoms with E-state index in [2.05, 4.69) is 55.9 Å². The number of esters is 3. The molecule has 0 aliphatic rings. The molecule has 0 aliphatic carbocycles. The third kappa shape index (κ3) is 92.7. The number of nitrogens with one attached hydrogen (secondary N) is 6. The molecule has 0 saturated carbocycles. The minimum atomic E-state index is -0.162. The van der Waals surface area contributed by atoms with E-state index in [9.17, 15) is 14.4 Å². The molecule has 60 heavy (non-hydrogen) atoms. The van der Waals surface area contributed by atoms with Crippen molar-refractivity contribution in [2.24, 2.45) is 11.8 Å². The van der Waals surface area contributed by atoms with Crippen molar-refractivity contribution in [2.45, 2.75) is 144 Å². The van der Waals surface area contributed by atoms with Gasteiger partial charge in [-0.25, -0.2) is 0 Å². The van der Waals surface area contributed by atoms with Crippen molar-refractivity contribution in [3.05, 3.63) is 34.4 Å². The van der Waals surface area contributed by atoms with E-state index < -0.39 is 0 Å². The monoisotopic (exact) mass is 1460 g/mol. The van der Waals surface area contributed by atoms with Crippen molar-refractivity contribution in [3.8, 4) is 18.2 Å². The zero-order valence-corrected chi connectivity index (χ0v) is 45.5. The molecule has 6 N–H and O–H groups in total. The van der Waals surface area contributed by atoms with Crippen molar-refractivity contribution < 1.29 is 84.9 Å². The number of nitriles is 3. The summed E-state index contributed by atoms with van der Waals surface area (Å²) in [5.41, 5.74) is 38.0. The van der Waals surface area contributed by atoms with Crippen LogP contribution in [0.15, 0.2) is 0 Å². The van der Waals surface area contributed by atoms with Crippen LogP contribution >= 0.6 is 28.3 Å². The van der Waals surface area contributed by atoms with Gasteiger partial charge in [-0.1, -0.05) is 66.7 Å². The Labute approximate surface area is 410 Å². The predicted molar refractivity (Wildman–Crippen MR) is 236 cm³/mol. The van der Waals surface area contributed by atoms with Gasteiger partial charge in [0.1, 0.15) is 0 Å². The number of ether oxygens (including phenoxy) is 3. The first-order valence-corrected chi connectivity index (χ1v) is 28.3. The molecular formula is C39H75Cl3N9O6Pt3-6. The Balaban J connectivity index is -0.0000000771. The van der Waals surface area contributed by atoms with Crippen molar-refractivity contribution in [3.63, 3.8) is 0 Å².